The van der Waals surface area contributed by atoms with Crippen LogP contribution in [0.2, 0.25) is 0 Å². The zero-order valence-electron chi connectivity index (χ0n) is 22.2. The van der Waals surface area contributed by atoms with Crippen LogP contribution in [0.4, 0.5) is 0 Å². The third kappa shape index (κ3) is 4.32. The molecular weight excluding hydrogens is 488 g/mol. The van der Waals surface area contributed by atoms with Gasteiger partial charge in [-0.05, 0) is 46.1 Å². The molecule has 3 saturated heterocycles. The molecule has 3 heterocycles. The molecule has 0 aliphatic carbocycles. The van der Waals surface area contributed by atoms with Crippen LogP contribution in [0, 0.1) is 11.8 Å². The largest absolute Gasteiger partial charge is 0.461 e. The predicted octanol–water partition coefficient (Wildman–Crippen LogP) is 3.74. The van der Waals surface area contributed by atoms with Crippen molar-refractivity contribution in [2.45, 2.75) is 67.7 Å². The van der Waals surface area contributed by atoms with Crippen molar-refractivity contribution >= 4 is 29.5 Å². The molecule has 1 aromatic carbocycles. The van der Waals surface area contributed by atoms with Crippen molar-refractivity contribution in [1.29, 1.82) is 0 Å². The number of thioether (sulfide) groups is 1. The van der Waals surface area contributed by atoms with Gasteiger partial charge >= 0.3 is 5.97 Å². The van der Waals surface area contributed by atoms with Crippen LogP contribution < -0.4 is 0 Å². The van der Waals surface area contributed by atoms with Crippen molar-refractivity contribution in [2.75, 3.05) is 19.8 Å². The van der Waals surface area contributed by atoms with E-state index in [4.69, 9.17) is 4.74 Å². The normalized spacial score (nSPS) is 31.1. The van der Waals surface area contributed by atoms with E-state index in [1.165, 1.54) is 6.08 Å². The molecule has 0 radical (unpaired) electrons. The van der Waals surface area contributed by atoms with E-state index < -0.39 is 44.9 Å². The lowest BCUT2D eigenvalue weighted by atomic mass is 9.66. The molecule has 1 N–H and O–H groups in total. The number of esters is 1. The van der Waals surface area contributed by atoms with E-state index in [-0.39, 0.29) is 25.0 Å². The Balaban J connectivity index is 1.88. The monoisotopic (exact) mass is 526 g/mol. The molecule has 2 amide bonds. The molecule has 1 spiro atoms. The molecule has 3 aliphatic heterocycles. The van der Waals surface area contributed by atoms with Gasteiger partial charge in [-0.2, -0.15) is 0 Å². The van der Waals surface area contributed by atoms with Crippen molar-refractivity contribution in [3.05, 3.63) is 61.2 Å². The fourth-order valence-corrected chi connectivity index (χ4v) is 8.89. The van der Waals surface area contributed by atoms with E-state index in [0.717, 1.165) is 5.56 Å². The second-order valence-corrected chi connectivity index (χ2v) is 13.3. The van der Waals surface area contributed by atoms with E-state index in [1.54, 1.807) is 27.6 Å². The second kappa shape index (κ2) is 9.95. The van der Waals surface area contributed by atoms with Gasteiger partial charge in [-0.3, -0.25) is 14.4 Å². The molecule has 37 heavy (non-hydrogen) atoms. The van der Waals surface area contributed by atoms with Crippen LogP contribution >= 0.6 is 11.8 Å². The highest BCUT2D eigenvalue weighted by Crippen LogP contribution is 2.72. The minimum absolute atomic E-state index is 0.0660. The van der Waals surface area contributed by atoms with E-state index in [2.05, 4.69) is 13.2 Å². The highest BCUT2D eigenvalue weighted by molar-refractivity contribution is 8.02. The summed E-state index contributed by atoms with van der Waals surface area (Å²) in [6.07, 6.45) is 4.52. The van der Waals surface area contributed by atoms with Crippen molar-refractivity contribution in [1.82, 2.24) is 9.80 Å². The second-order valence-electron chi connectivity index (χ2n) is 11.4. The highest BCUT2D eigenvalue weighted by atomic mass is 32.2. The number of rotatable bonds is 9. The van der Waals surface area contributed by atoms with Crippen LogP contribution in [0.5, 0.6) is 0 Å². The molecule has 2 unspecified atom stereocenters. The molecule has 6 atom stereocenters. The lowest BCUT2D eigenvalue weighted by molar-refractivity contribution is -0.155. The third-order valence-electron chi connectivity index (χ3n) is 8.13. The first-order valence-corrected chi connectivity index (χ1v) is 13.7. The van der Waals surface area contributed by atoms with Gasteiger partial charge in [0, 0.05) is 16.8 Å². The van der Waals surface area contributed by atoms with Gasteiger partial charge in [0.2, 0.25) is 11.8 Å². The van der Waals surface area contributed by atoms with E-state index >= 15 is 0 Å². The first-order chi connectivity index (χ1) is 17.5. The van der Waals surface area contributed by atoms with Gasteiger partial charge in [0.05, 0.1) is 29.2 Å². The molecule has 200 valence electrons. The molecule has 7 nitrogen and oxygen atoms in total. The quantitative estimate of drug-likeness (QED) is 0.390. The predicted molar refractivity (Wildman–Crippen MR) is 145 cm³/mol. The number of benzene rings is 1. The molecule has 4 rings (SSSR count). The average Bonchev–Trinajstić information content (AvgIpc) is 3.42. The van der Waals surface area contributed by atoms with Gasteiger partial charge in [-0.15, -0.1) is 18.3 Å². The van der Waals surface area contributed by atoms with Crippen molar-refractivity contribution in [3.63, 3.8) is 0 Å². The van der Waals surface area contributed by atoms with Gasteiger partial charge in [-0.1, -0.05) is 49.1 Å². The van der Waals surface area contributed by atoms with Gasteiger partial charge in [0.15, 0.2) is 0 Å². The third-order valence-corrected chi connectivity index (χ3v) is 10.1. The summed E-state index contributed by atoms with van der Waals surface area (Å²) in [5.74, 6) is -2.29. The molecule has 3 fully saturated rings. The summed E-state index contributed by atoms with van der Waals surface area (Å²) in [6, 6.07) is 7.73. The molecule has 2 bridgehead atoms. The summed E-state index contributed by atoms with van der Waals surface area (Å²) >= 11 is 1.59. The number of hydrogen-bond donors (Lipinski definition) is 1. The number of carbonyl (C=O) groups excluding carboxylic acids is 3. The Morgan fingerprint density at radius 3 is 2.49 bits per heavy atom. The standard InChI is InChI=1S/C29H38N2O5S/c1-7-16-30(27(3,4)5)25(34)23-29-15-14-28(6,37-29)22(26(35)36-17-8-2)21(29)24(33)31(23)20(18-32)19-12-10-9-11-13-19/h7-13,20-23,32H,1-2,14-18H2,3-6H3/t20-,21+,22-,23?,28+,29?/m1/s1. The van der Waals surface area contributed by atoms with Crippen LogP contribution in [-0.2, 0) is 19.1 Å². The Labute approximate surface area is 223 Å². The van der Waals surface area contributed by atoms with Crippen LogP contribution in [-0.4, -0.2) is 73.5 Å². The van der Waals surface area contributed by atoms with Gasteiger partial charge in [0.25, 0.3) is 0 Å². The minimum Gasteiger partial charge on any atom is -0.461 e. The number of ether oxygens (including phenoxy) is 1. The van der Waals surface area contributed by atoms with E-state index in [0.29, 0.717) is 19.4 Å². The van der Waals surface area contributed by atoms with Crippen molar-refractivity contribution in [3.8, 4) is 0 Å². The number of amides is 2. The Bertz CT molecular complexity index is 1090. The maximum atomic E-state index is 14.5. The molecule has 3 aliphatic rings. The Hall–Kier alpha value is -2.58. The molecule has 1 aromatic rings. The summed E-state index contributed by atoms with van der Waals surface area (Å²) in [6.45, 7) is 15.4. The summed E-state index contributed by atoms with van der Waals surface area (Å²) < 4.78 is 4.17. The summed E-state index contributed by atoms with van der Waals surface area (Å²) in [4.78, 5) is 45.6. The van der Waals surface area contributed by atoms with Crippen LogP contribution in [0.1, 0.15) is 52.1 Å². The molecule has 0 saturated carbocycles. The Morgan fingerprint density at radius 2 is 1.92 bits per heavy atom. The molecule has 8 heteroatoms. The molecule has 0 aromatic heterocycles. The maximum Gasteiger partial charge on any atom is 0.311 e. The number of nitrogens with zero attached hydrogens (tertiary/aromatic N) is 2. The summed E-state index contributed by atoms with van der Waals surface area (Å²) in [5.41, 5.74) is 0.221. The van der Waals surface area contributed by atoms with Gasteiger partial charge < -0.3 is 19.6 Å². The molecular formula is C29H38N2O5S. The van der Waals surface area contributed by atoms with Gasteiger partial charge in [-0.25, -0.2) is 0 Å². The maximum absolute atomic E-state index is 14.5. The number of carbonyl (C=O) groups is 3. The number of fused-ring (bicyclic) bond motifs is 1. The van der Waals surface area contributed by atoms with Crippen molar-refractivity contribution < 1.29 is 24.2 Å². The van der Waals surface area contributed by atoms with Crippen LogP contribution in [0.3, 0.4) is 0 Å². The zero-order chi connectivity index (χ0) is 27.2. The SMILES string of the molecule is C=CCOC(=O)[C@H]1[C@H]2C(=O)N([C@H](CO)c3ccccc3)C(C(=O)N(CC=C)C(C)(C)C)C23CC[C@]1(C)S3. The van der Waals surface area contributed by atoms with Crippen molar-refractivity contribution in [2.24, 2.45) is 11.8 Å². The number of aliphatic hydroxyl groups is 1. The van der Waals surface area contributed by atoms with E-state index in [1.807, 2.05) is 58.0 Å². The highest BCUT2D eigenvalue weighted by Gasteiger charge is 2.78. The number of aliphatic hydroxyl groups excluding tert-OH is 1. The minimum atomic E-state index is -0.842. The van der Waals surface area contributed by atoms with E-state index in [9.17, 15) is 19.5 Å². The van der Waals surface area contributed by atoms with Gasteiger partial charge in [0.1, 0.15) is 12.6 Å². The summed E-state index contributed by atoms with van der Waals surface area (Å²) in [5, 5.41) is 10.6. The van der Waals surface area contributed by atoms with Crippen LogP contribution in [0.15, 0.2) is 55.6 Å². The summed E-state index contributed by atoms with van der Waals surface area (Å²) in [7, 11) is 0. The first-order valence-electron chi connectivity index (χ1n) is 12.8. The first kappa shape index (κ1) is 27.5. The zero-order valence-corrected chi connectivity index (χ0v) is 23.0. The lowest BCUT2D eigenvalue weighted by Crippen LogP contribution is -2.59. The Morgan fingerprint density at radius 1 is 1.24 bits per heavy atom. The topological polar surface area (TPSA) is 87.1 Å². The Kier molecular flexibility index (Phi) is 7.38. The number of likely N-dealkylation sites (tertiary alicyclic amines) is 1. The fourth-order valence-electron chi connectivity index (χ4n) is 6.57. The lowest BCUT2D eigenvalue weighted by Gasteiger charge is -2.43. The fraction of sp³-hybridized carbons (Fsp3) is 0.552. The smallest absolute Gasteiger partial charge is 0.311 e. The number of hydrogen-bond acceptors (Lipinski definition) is 6. The average molecular weight is 527 g/mol. The van der Waals surface area contributed by atoms with Crippen LogP contribution in [0.25, 0.3) is 0 Å².